The van der Waals surface area contributed by atoms with Crippen molar-refractivity contribution >= 4 is 17.3 Å². The lowest BCUT2D eigenvalue weighted by Gasteiger charge is -2.40. The van der Waals surface area contributed by atoms with Gasteiger partial charge in [-0.2, -0.15) is 0 Å². The number of hydrogen-bond donors (Lipinski definition) is 1. The Morgan fingerprint density at radius 3 is 2.64 bits per heavy atom. The smallest absolute Gasteiger partial charge is 0.170 e. The third kappa shape index (κ3) is 3.30. The first-order valence-corrected chi connectivity index (χ1v) is 9.61. The predicted octanol–water partition coefficient (Wildman–Crippen LogP) is 4.24. The van der Waals surface area contributed by atoms with Gasteiger partial charge in [0.25, 0.3) is 0 Å². The molecule has 1 fully saturated rings. The van der Waals surface area contributed by atoms with E-state index < -0.39 is 0 Å². The summed E-state index contributed by atoms with van der Waals surface area (Å²) in [5.74, 6) is -0.174. The first-order chi connectivity index (χ1) is 12.2. The van der Waals surface area contributed by atoms with Gasteiger partial charge in [-0.15, -0.1) is 0 Å². The quantitative estimate of drug-likeness (QED) is 0.812. The van der Waals surface area contributed by atoms with Gasteiger partial charge in [-0.1, -0.05) is 37.5 Å². The SMILES string of the molecule is Fc1ccccc1C1c2cccn2CCN1C(=S)NC1CCCCC1. The molecule has 0 radical (unpaired) electrons. The van der Waals surface area contributed by atoms with Gasteiger partial charge in [0.05, 0.1) is 6.04 Å². The van der Waals surface area contributed by atoms with Crippen molar-refractivity contribution in [2.24, 2.45) is 0 Å². The van der Waals surface area contributed by atoms with Crippen LogP contribution in [0.4, 0.5) is 4.39 Å². The van der Waals surface area contributed by atoms with E-state index in [-0.39, 0.29) is 11.9 Å². The van der Waals surface area contributed by atoms with Crippen LogP contribution in [0.1, 0.15) is 49.4 Å². The van der Waals surface area contributed by atoms with Crippen molar-refractivity contribution in [3.8, 4) is 0 Å². The Morgan fingerprint density at radius 2 is 1.84 bits per heavy atom. The van der Waals surface area contributed by atoms with Crippen molar-refractivity contribution < 1.29 is 4.39 Å². The predicted molar refractivity (Wildman–Crippen MR) is 102 cm³/mol. The van der Waals surface area contributed by atoms with E-state index in [0.29, 0.717) is 11.6 Å². The highest BCUT2D eigenvalue weighted by molar-refractivity contribution is 7.80. The van der Waals surface area contributed by atoms with E-state index >= 15 is 0 Å². The van der Waals surface area contributed by atoms with Gasteiger partial charge < -0.3 is 14.8 Å². The lowest BCUT2D eigenvalue weighted by atomic mass is 9.95. The van der Waals surface area contributed by atoms with E-state index in [1.54, 1.807) is 6.07 Å². The van der Waals surface area contributed by atoms with Crippen LogP contribution in [-0.2, 0) is 6.54 Å². The molecule has 4 rings (SSSR count). The molecule has 1 aliphatic heterocycles. The maximum atomic E-state index is 14.6. The number of halogens is 1. The zero-order valence-electron chi connectivity index (χ0n) is 14.3. The monoisotopic (exact) mass is 357 g/mol. The van der Waals surface area contributed by atoms with Crippen LogP contribution in [-0.4, -0.2) is 27.2 Å². The molecule has 1 unspecified atom stereocenters. The third-order valence-corrected chi connectivity index (χ3v) is 5.78. The largest absolute Gasteiger partial charge is 0.360 e. The molecular formula is C20H24FN3S. The molecule has 1 saturated carbocycles. The molecule has 1 aromatic heterocycles. The van der Waals surface area contributed by atoms with Crippen LogP contribution in [0.2, 0.25) is 0 Å². The summed E-state index contributed by atoms with van der Waals surface area (Å²) < 4.78 is 16.8. The first kappa shape index (κ1) is 16.6. The van der Waals surface area contributed by atoms with E-state index in [4.69, 9.17) is 12.2 Å². The lowest BCUT2D eigenvalue weighted by Crippen LogP contribution is -2.50. The number of nitrogens with zero attached hydrogens (tertiary/aromatic N) is 2. The molecule has 0 spiro atoms. The highest BCUT2D eigenvalue weighted by atomic mass is 32.1. The molecule has 3 nitrogen and oxygen atoms in total. The maximum absolute atomic E-state index is 14.6. The average Bonchev–Trinajstić information content (AvgIpc) is 3.11. The zero-order valence-corrected chi connectivity index (χ0v) is 15.1. The Hall–Kier alpha value is -1.88. The van der Waals surface area contributed by atoms with Crippen molar-refractivity contribution in [1.82, 2.24) is 14.8 Å². The first-order valence-electron chi connectivity index (χ1n) is 9.20. The molecule has 0 amide bonds. The van der Waals surface area contributed by atoms with Gasteiger partial charge in [0.2, 0.25) is 0 Å². The summed E-state index contributed by atoms with van der Waals surface area (Å²) in [5, 5.41) is 4.31. The number of thiocarbonyl (C=S) groups is 1. The second kappa shape index (κ2) is 7.16. The Kier molecular flexibility index (Phi) is 4.75. The van der Waals surface area contributed by atoms with Gasteiger partial charge in [0.15, 0.2) is 5.11 Å². The van der Waals surface area contributed by atoms with Crippen LogP contribution in [0.5, 0.6) is 0 Å². The number of rotatable bonds is 2. The summed E-state index contributed by atoms with van der Waals surface area (Å²) in [6, 6.07) is 11.4. The van der Waals surface area contributed by atoms with Crippen molar-refractivity contribution in [3.63, 3.8) is 0 Å². The van der Waals surface area contributed by atoms with Crippen molar-refractivity contribution in [3.05, 3.63) is 59.7 Å². The summed E-state index contributed by atoms with van der Waals surface area (Å²) in [4.78, 5) is 2.16. The summed E-state index contributed by atoms with van der Waals surface area (Å²) in [5.41, 5.74) is 1.79. The fourth-order valence-corrected chi connectivity index (χ4v) is 4.49. The van der Waals surface area contributed by atoms with Crippen LogP contribution in [0.15, 0.2) is 42.6 Å². The minimum Gasteiger partial charge on any atom is -0.360 e. The number of nitrogens with one attached hydrogen (secondary N) is 1. The van der Waals surface area contributed by atoms with E-state index in [1.807, 2.05) is 18.2 Å². The normalized spacial score (nSPS) is 21.0. The molecule has 5 heteroatoms. The van der Waals surface area contributed by atoms with E-state index in [2.05, 4.69) is 27.0 Å². The van der Waals surface area contributed by atoms with E-state index in [0.717, 1.165) is 23.9 Å². The van der Waals surface area contributed by atoms with Gasteiger partial charge in [-0.3, -0.25) is 0 Å². The molecule has 0 saturated heterocycles. The minimum atomic E-state index is -0.174. The van der Waals surface area contributed by atoms with Gasteiger partial charge in [0.1, 0.15) is 5.82 Å². The number of aromatic nitrogens is 1. The van der Waals surface area contributed by atoms with E-state index in [1.165, 1.54) is 38.2 Å². The van der Waals surface area contributed by atoms with Gasteiger partial charge in [-0.05, 0) is 43.3 Å². The Bertz CT molecular complexity index is 751. The summed E-state index contributed by atoms with van der Waals surface area (Å²) in [7, 11) is 0. The zero-order chi connectivity index (χ0) is 17.2. The van der Waals surface area contributed by atoms with Crippen molar-refractivity contribution in [2.75, 3.05) is 6.54 Å². The average molecular weight is 357 g/mol. The lowest BCUT2D eigenvalue weighted by molar-refractivity contribution is 0.273. The molecule has 1 N–H and O–H groups in total. The topological polar surface area (TPSA) is 20.2 Å². The molecule has 2 aromatic rings. The number of fused-ring (bicyclic) bond motifs is 1. The molecule has 1 aliphatic carbocycles. The molecular weight excluding hydrogens is 333 g/mol. The fourth-order valence-electron chi connectivity index (χ4n) is 4.13. The van der Waals surface area contributed by atoms with Crippen LogP contribution in [0.3, 0.4) is 0 Å². The molecule has 0 bridgehead atoms. The highest BCUT2D eigenvalue weighted by Crippen LogP contribution is 2.34. The Morgan fingerprint density at radius 1 is 1.04 bits per heavy atom. The number of hydrogen-bond acceptors (Lipinski definition) is 1. The molecule has 25 heavy (non-hydrogen) atoms. The Balaban J connectivity index is 1.64. The minimum absolute atomic E-state index is 0.173. The van der Waals surface area contributed by atoms with Gasteiger partial charge >= 0.3 is 0 Å². The molecule has 1 atom stereocenters. The third-order valence-electron chi connectivity index (χ3n) is 5.43. The number of benzene rings is 1. The molecule has 2 heterocycles. The second-order valence-corrected chi connectivity index (χ2v) is 7.42. The van der Waals surface area contributed by atoms with Crippen molar-refractivity contribution in [2.45, 2.75) is 50.7 Å². The van der Waals surface area contributed by atoms with Crippen LogP contribution < -0.4 is 5.32 Å². The highest BCUT2D eigenvalue weighted by Gasteiger charge is 2.32. The summed E-state index contributed by atoms with van der Waals surface area (Å²) in [6.07, 6.45) is 8.27. The summed E-state index contributed by atoms with van der Waals surface area (Å²) >= 11 is 5.76. The van der Waals surface area contributed by atoms with E-state index in [9.17, 15) is 4.39 Å². The fraction of sp³-hybridized carbons (Fsp3) is 0.450. The summed E-state index contributed by atoms with van der Waals surface area (Å²) in [6.45, 7) is 1.67. The van der Waals surface area contributed by atoms with Crippen LogP contribution in [0, 0.1) is 5.82 Å². The van der Waals surface area contributed by atoms with Gasteiger partial charge in [-0.25, -0.2) is 4.39 Å². The Labute approximate surface area is 153 Å². The van der Waals surface area contributed by atoms with Crippen LogP contribution in [0.25, 0.3) is 0 Å². The molecule has 1 aromatic carbocycles. The maximum Gasteiger partial charge on any atom is 0.170 e. The molecule has 2 aliphatic rings. The van der Waals surface area contributed by atoms with Crippen molar-refractivity contribution in [1.29, 1.82) is 0 Å². The van der Waals surface area contributed by atoms with Gasteiger partial charge in [0, 0.05) is 36.6 Å². The molecule has 132 valence electrons. The second-order valence-electron chi connectivity index (χ2n) is 7.03. The standard InChI is InChI=1S/C20H24FN3S/c21-17-10-5-4-9-16(17)19-18-11-6-12-23(18)13-14-24(19)20(25)22-15-7-2-1-3-8-15/h4-6,9-12,15,19H,1-3,7-8,13-14H2,(H,22,25). The van der Waals surface area contributed by atoms with Crippen LogP contribution >= 0.6 is 12.2 Å².